The van der Waals surface area contributed by atoms with Crippen LogP contribution in [0.15, 0.2) is 0 Å². The SMILES string of the molecule is O=C1CCC(O[SiH3])O1. The fourth-order valence-electron chi connectivity index (χ4n) is 0.666. The van der Waals surface area contributed by atoms with Crippen LogP contribution >= 0.6 is 0 Å². The van der Waals surface area contributed by atoms with Gasteiger partial charge >= 0.3 is 5.97 Å². The second-order valence-electron chi connectivity index (χ2n) is 1.69. The highest BCUT2D eigenvalue weighted by Gasteiger charge is 2.21. The van der Waals surface area contributed by atoms with Crippen molar-refractivity contribution in [1.29, 1.82) is 0 Å². The lowest BCUT2D eigenvalue weighted by atomic mass is 10.4. The van der Waals surface area contributed by atoms with Crippen LogP contribution in [0.4, 0.5) is 0 Å². The highest BCUT2D eigenvalue weighted by atomic mass is 28.2. The molecule has 46 valence electrons. The van der Waals surface area contributed by atoms with E-state index in [0.717, 1.165) is 6.42 Å². The van der Waals surface area contributed by atoms with Crippen LogP contribution in [-0.2, 0) is 14.0 Å². The minimum Gasteiger partial charge on any atom is -0.437 e. The minimum atomic E-state index is -0.214. The maximum Gasteiger partial charge on any atom is 0.308 e. The highest BCUT2D eigenvalue weighted by Crippen LogP contribution is 2.12. The largest absolute Gasteiger partial charge is 0.437 e. The van der Waals surface area contributed by atoms with Gasteiger partial charge in [0.05, 0.1) is 6.42 Å². The van der Waals surface area contributed by atoms with Crippen LogP contribution in [0.3, 0.4) is 0 Å². The lowest BCUT2D eigenvalue weighted by Crippen LogP contribution is -2.08. The third-order valence-corrected chi connectivity index (χ3v) is 1.64. The van der Waals surface area contributed by atoms with Gasteiger partial charge in [-0.15, -0.1) is 0 Å². The van der Waals surface area contributed by atoms with Crippen LogP contribution in [0.25, 0.3) is 0 Å². The van der Waals surface area contributed by atoms with Crippen molar-refractivity contribution in [2.75, 3.05) is 0 Å². The lowest BCUT2D eigenvalue weighted by molar-refractivity contribution is -0.150. The van der Waals surface area contributed by atoms with Gasteiger partial charge in [-0.1, -0.05) is 0 Å². The normalized spacial score (nSPS) is 28.5. The number of ether oxygens (including phenoxy) is 1. The summed E-state index contributed by atoms with van der Waals surface area (Å²) >= 11 is 0. The van der Waals surface area contributed by atoms with Gasteiger partial charge in [-0.25, -0.2) is 0 Å². The number of hydrogen-bond donors (Lipinski definition) is 0. The molecule has 1 aliphatic rings. The molecular formula is C4H8O3Si. The molecule has 0 spiro atoms. The number of cyclic esters (lactones) is 1. The van der Waals surface area contributed by atoms with E-state index < -0.39 is 0 Å². The Morgan fingerprint density at radius 2 is 2.62 bits per heavy atom. The zero-order chi connectivity index (χ0) is 5.98. The first-order chi connectivity index (χ1) is 3.83. The molecule has 1 saturated heterocycles. The maximum absolute atomic E-state index is 10.3. The standard InChI is InChI=1S/C4H8O3Si/c5-3-1-2-4(6-3)7-8/h4H,1-2H2,8H3. The molecule has 0 aromatic rings. The average molecular weight is 132 g/mol. The second-order valence-corrected chi connectivity index (χ2v) is 2.17. The second kappa shape index (κ2) is 2.28. The van der Waals surface area contributed by atoms with Gasteiger partial charge < -0.3 is 9.16 Å². The van der Waals surface area contributed by atoms with Crippen LogP contribution in [0, 0.1) is 0 Å². The lowest BCUT2D eigenvalue weighted by Gasteiger charge is -2.04. The monoisotopic (exact) mass is 132 g/mol. The first-order valence-electron chi connectivity index (χ1n) is 2.55. The van der Waals surface area contributed by atoms with Crippen molar-refractivity contribution < 1.29 is 14.0 Å². The van der Waals surface area contributed by atoms with Crippen LogP contribution in [0.1, 0.15) is 12.8 Å². The Labute approximate surface area is 50.5 Å². The summed E-state index contributed by atoms with van der Waals surface area (Å²) in [4.78, 5) is 10.3. The summed E-state index contributed by atoms with van der Waals surface area (Å²) in [5, 5.41) is 0. The van der Waals surface area contributed by atoms with Crippen molar-refractivity contribution in [1.82, 2.24) is 0 Å². The Balaban J connectivity index is 2.32. The smallest absolute Gasteiger partial charge is 0.308 e. The Morgan fingerprint density at radius 1 is 1.88 bits per heavy atom. The van der Waals surface area contributed by atoms with E-state index in [0.29, 0.717) is 16.9 Å². The van der Waals surface area contributed by atoms with Gasteiger partial charge in [-0.3, -0.25) is 4.79 Å². The van der Waals surface area contributed by atoms with Gasteiger partial charge in [0, 0.05) is 6.42 Å². The van der Waals surface area contributed by atoms with Crippen molar-refractivity contribution in [3.63, 3.8) is 0 Å². The molecule has 1 atom stereocenters. The highest BCUT2D eigenvalue weighted by molar-refractivity contribution is 5.98. The molecule has 0 saturated carbocycles. The van der Waals surface area contributed by atoms with Crippen LogP contribution in [0.2, 0.25) is 0 Å². The molecular weight excluding hydrogens is 124 g/mol. The summed E-state index contributed by atoms with van der Waals surface area (Å²) in [7, 11) is 0.646. The molecule has 3 nitrogen and oxygen atoms in total. The topological polar surface area (TPSA) is 35.5 Å². The van der Waals surface area contributed by atoms with Crippen molar-refractivity contribution >= 4 is 16.5 Å². The Bertz CT molecular complexity index is 103. The van der Waals surface area contributed by atoms with Gasteiger partial charge in [0.2, 0.25) is 0 Å². The van der Waals surface area contributed by atoms with Gasteiger partial charge in [0.25, 0.3) is 0 Å². The van der Waals surface area contributed by atoms with Gasteiger partial charge in [0.15, 0.2) is 16.8 Å². The van der Waals surface area contributed by atoms with Crippen molar-refractivity contribution in [2.45, 2.75) is 19.1 Å². The van der Waals surface area contributed by atoms with Crippen LogP contribution < -0.4 is 0 Å². The molecule has 8 heavy (non-hydrogen) atoms. The first kappa shape index (κ1) is 5.78. The Morgan fingerprint density at radius 3 is 2.88 bits per heavy atom. The molecule has 0 N–H and O–H groups in total. The summed E-state index contributed by atoms with van der Waals surface area (Å²) in [5.41, 5.74) is 0. The van der Waals surface area contributed by atoms with Gasteiger partial charge in [0.1, 0.15) is 0 Å². The van der Waals surface area contributed by atoms with E-state index in [1.807, 2.05) is 0 Å². The summed E-state index contributed by atoms with van der Waals surface area (Å²) in [6, 6.07) is 0. The summed E-state index contributed by atoms with van der Waals surface area (Å²) in [5.74, 6) is -0.133. The number of carbonyl (C=O) groups excluding carboxylic acids is 1. The maximum atomic E-state index is 10.3. The molecule has 1 aliphatic heterocycles. The van der Waals surface area contributed by atoms with E-state index in [9.17, 15) is 4.79 Å². The molecule has 0 radical (unpaired) electrons. The molecule has 0 aromatic heterocycles. The number of rotatable bonds is 1. The number of carbonyl (C=O) groups is 1. The predicted octanol–water partition coefficient (Wildman–Crippen LogP) is -1.05. The average Bonchev–Trinajstić information content (AvgIpc) is 2.14. The molecule has 0 bridgehead atoms. The zero-order valence-electron chi connectivity index (χ0n) is 4.72. The van der Waals surface area contributed by atoms with E-state index >= 15 is 0 Å². The Hall–Kier alpha value is -0.353. The zero-order valence-corrected chi connectivity index (χ0v) is 6.72. The quantitative estimate of drug-likeness (QED) is 0.337. The Kier molecular flexibility index (Phi) is 1.64. The van der Waals surface area contributed by atoms with Gasteiger partial charge in [-0.2, -0.15) is 0 Å². The van der Waals surface area contributed by atoms with Crippen molar-refractivity contribution in [3.05, 3.63) is 0 Å². The van der Waals surface area contributed by atoms with Crippen LogP contribution in [0.5, 0.6) is 0 Å². The molecule has 1 unspecified atom stereocenters. The number of hydrogen-bond acceptors (Lipinski definition) is 3. The summed E-state index contributed by atoms with van der Waals surface area (Å²) < 4.78 is 9.56. The molecule has 1 heterocycles. The predicted molar refractivity (Wildman–Crippen MR) is 30.1 cm³/mol. The molecule has 0 aromatic carbocycles. The third kappa shape index (κ3) is 1.08. The molecule has 1 fully saturated rings. The van der Waals surface area contributed by atoms with E-state index in [4.69, 9.17) is 4.43 Å². The van der Waals surface area contributed by atoms with E-state index in [1.165, 1.54) is 0 Å². The molecule has 1 rings (SSSR count). The molecule has 0 amide bonds. The van der Waals surface area contributed by atoms with E-state index in [-0.39, 0.29) is 12.3 Å². The first-order valence-corrected chi connectivity index (χ1v) is 3.37. The fraction of sp³-hybridized carbons (Fsp3) is 0.750. The van der Waals surface area contributed by atoms with E-state index in [1.54, 1.807) is 0 Å². The van der Waals surface area contributed by atoms with Gasteiger partial charge in [-0.05, 0) is 0 Å². The fourth-order valence-corrected chi connectivity index (χ4v) is 0.998. The van der Waals surface area contributed by atoms with Crippen molar-refractivity contribution in [3.8, 4) is 0 Å². The number of esters is 1. The molecule has 4 heteroatoms. The van der Waals surface area contributed by atoms with Crippen LogP contribution in [-0.4, -0.2) is 22.7 Å². The van der Waals surface area contributed by atoms with Crippen molar-refractivity contribution in [2.24, 2.45) is 0 Å². The summed E-state index contributed by atoms with van der Waals surface area (Å²) in [6.45, 7) is 0. The van der Waals surface area contributed by atoms with E-state index in [2.05, 4.69) is 4.74 Å². The molecule has 0 aliphatic carbocycles. The third-order valence-electron chi connectivity index (χ3n) is 1.11. The minimum absolute atomic E-state index is 0.133. The summed E-state index contributed by atoms with van der Waals surface area (Å²) in [6.07, 6.45) is 1.05.